The lowest BCUT2D eigenvalue weighted by atomic mass is 9.97. The van der Waals surface area contributed by atoms with E-state index in [1.165, 1.54) is 31.3 Å². The Labute approximate surface area is 137 Å². The van der Waals surface area contributed by atoms with Gasteiger partial charge in [0, 0.05) is 17.5 Å². The second-order valence-electron chi connectivity index (χ2n) is 5.98. The number of benzene rings is 2. The molecular weight excluding hydrogens is 286 g/mol. The lowest BCUT2D eigenvalue weighted by molar-refractivity contribution is 0.0955. The minimum Gasteiger partial charge on any atom is -0.496 e. The third kappa shape index (κ3) is 3.55. The molecule has 1 aliphatic carbocycles. The smallest absolute Gasteiger partial charge is 0.251 e. The lowest BCUT2D eigenvalue weighted by Crippen LogP contribution is -2.25. The first-order chi connectivity index (χ1) is 11.3. The van der Waals surface area contributed by atoms with Crippen molar-refractivity contribution in [1.82, 2.24) is 5.32 Å². The van der Waals surface area contributed by atoms with Crippen LogP contribution in [0.15, 0.2) is 48.0 Å². The normalized spacial score (nSPS) is 14.4. The fourth-order valence-corrected chi connectivity index (χ4v) is 3.21. The first-order valence-electron chi connectivity index (χ1n) is 8.31. The molecule has 3 rings (SSSR count). The molecule has 0 aromatic heterocycles. The van der Waals surface area contributed by atoms with Gasteiger partial charge in [-0.25, -0.2) is 0 Å². The Bertz CT molecular complexity index is 733. The van der Waals surface area contributed by atoms with Gasteiger partial charge in [0.2, 0.25) is 0 Å². The monoisotopic (exact) mass is 309 g/mol. The van der Waals surface area contributed by atoms with Gasteiger partial charge in [0.15, 0.2) is 0 Å². The van der Waals surface area contributed by atoms with Gasteiger partial charge < -0.3 is 10.1 Å². The van der Waals surface area contributed by atoms with Gasteiger partial charge in [0.25, 0.3) is 5.91 Å². The largest absolute Gasteiger partial charge is 0.496 e. The zero-order valence-corrected chi connectivity index (χ0v) is 13.6. The standard InChI is InChI=1S/C20H23NO2/c1-23-19-12-11-18(16-9-5-6-10-17(16)19)20(22)21-14-13-15-7-3-2-4-8-15/h5-7,9-12H,2-4,8,13-14H2,1H3,(H,21,22). The molecule has 1 N–H and O–H groups in total. The van der Waals surface area contributed by atoms with E-state index < -0.39 is 0 Å². The Kier molecular flexibility index (Phi) is 4.96. The summed E-state index contributed by atoms with van der Waals surface area (Å²) in [6.07, 6.45) is 8.24. The van der Waals surface area contributed by atoms with Crippen LogP contribution in [0, 0.1) is 0 Å². The molecular formula is C20H23NO2. The van der Waals surface area contributed by atoms with E-state index in [0.29, 0.717) is 12.1 Å². The van der Waals surface area contributed by atoms with E-state index in [4.69, 9.17) is 4.74 Å². The summed E-state index contributed by atoms with van der Waals surface area (Å²) in [5, 5.41) is 4.96. The van der Waals surface area contributed by atoms with E-state index in [2.05, 4.69) is 11.4 Å². The van der Waals surface area contributed by atoms with Gasteiger partial charge in [0.1, 0.15) is 5.75 Å². The lowest BCUT2D eigenvalue weighted by Gasteiger charge is -2.14. The summed E-state index contributed by atoms with van der Waals surface area (Å²) < 4.78 is 5.38. The van der Waals surface area contributed by atoms with E-state index in [0.717, 1.165) is 22.9 Å². The van der Waals surface area contributed by atoms with Crippen LogP contribution in [0.5, 0.6) is 5.75 Å². The molecule has 0 spiro atoms. The van der Waals surface area contributed by atoms with Crippen LogP contribution in [-0.4, -0.2) is 19.6 Å². The summed E-state index contributed by atoms with van der Waals surface area (Å²) in [6, 6.07) is 11.6. The minimum absolute atomic E-state index is 0.0136. The molecule has 120 valence electrons. The number of hydrogen-bond acceptors (Lipinski definition) is 2. The van der Waals surface area contributed by atoms with Crippen molar-refractivity contribution in [3.8, 4) is 5.75 Å². The van der Waals surface area contributed by atoms with Crippen molar-refractivity contribution in [1.29, 1.82) is 0 Å². The van der Waals surface area contributed by atoms with Crippen LogP contribution in [0.1, 0.15) is 42.5 Å². The zero-order chi connectivity index (χ0) is 16.1. The summed E-state index contributed by atoms with van der Waals surface area (Å²) >= 11 is 0. The van der Waals surface area contributed by atoms with E-state index in [1.54, 1.807) is 7.11 Å². The van der Waals surface area contributed by atoms with Gasteiger partial charge in [-0.15, -0.1) is 0 Å². The van der Waals surface area contributed by atoms with E-state index >= 15 is 0 Å². The SMILES string of the molecule is COc1ccc(C(=O)NCCC2=CCCCC2)c2ccccc12. The molecule has 0 fully saturated rings. The number of rotatable bonds is 5. The number of fused-ring (bicyclic) bond motifs is 1. The fourth-order valence-electron chi connectivity index (χ4n) is 3.21. The van der Waals surface area contributed by atoms with Gasteiger partial charge in [-0.3, -0.25) is 4.79 Å². The molecule has 1 aliphatic rings. The predicted octanol–water partition coefficient (Wildman–Crippen LogP) is 4.47. The molecule has 0 radical (unpaired) electrons. The van der Waals surface area contributed by atoms with Crippen molar-refractivity contribution in [3.63, 3.8) is 0 Å². The number of methoxy groups -OCH3 is 1. The van der Waals surface area contributed by atoms with Crippen molar-refractivity contribution in [3.05, 3.63) is 53.6 Å². The maximum Gasteiger partial charge on any atom is 0.251 e. The highest BCUT2D eigenvalue weighted by molar-refractivity contribution is 6.08. The molecule has 0 unspecified atom stereocenters. The van der Waals surface area contributed by atoms with Crippen molar-refractivity contribution >= 4 is 16.7 Å². The Morgan fingerprint density at radius 1 is 1.13 bits per heavy atom. The van der Waals surface area contributed by atoms with Crippen LogP contribution >= 0.6 is 0 Å². The van der Waals surface area contributed by atoms with Crippen LogP contribution in [0.3, 0.4) is 0 Å². The second-order valence-corrected chi connectivity index (χ2v) is 5.98. The number of hydrogen-bond donors (Lipinski definition) is 1. The average molecular weight is 309 g/mol. The third-order valence-corrected chi connectivity index (χ3v) is 4.47. The molecule has 2 aromatic carbocycles. The number of carbonyl (C=O) groups is 1. The van der Waals surface area contributed by atoms with Crippen LogP contribution in [-0.2, 0) is 0 Å². The van der Waals surface area contributed by atoms with E-state index in [9.17, 15) is 4.79 Å². The zero-order valence-electron chi connectivity index (χ0n) is 13.6. The van der Waals surface area contributed by atoms with Gasteiger partial charge in [-0.05, 0) is 49.6 Å². The summed E-state index contributed by atoms with van der Waals surface area (Å²) in [5.41, 5.74) is 2.19. The van der Waals surface area contributed by atoms with Gasteiger partial charge in [0.05, 0.1) is 7.11 Å². The summed E-state index contributed by atoms with van der Waals surface area (Å²) in [6.45, 7) is 0.699. The topological polar surface area (TPSA) is 38.3 Å². The Morgan fingerprint density at radius 3 is 2.70 bits per heavy atom. The molecule has 0 bridgehead atoms. The number of nitrogens with one attached hydrogen (secondary N) is 1. The van der Waals surface area contributed by atoms with Crippen LogP contribution in [0.25, 0.3) is 10.8 Å². The maximum absolute atomic E-state index is 12.5. The highest BCUT2D eigenvalue weighted by atomic mass is 16.5. The Balaban J connectivity index is 1.72. The molecule has 0 aliphatic heterocycles. The maximum atomic E-state index is 12.5. The molecule has 3 nitrogen and oxygen atoms in total. The fraction of sp³-hybridized carbons (Fsp3) is 0.350. The molecule has 0 saturated heterocycles. The summed E-state index contributed by atoms with van der Waals surface area (Å²) in [7, 11) is 1.65. The van der Waals surface area contributed by atoms with Crippen molar-refractivity contribution in [2.24, 2.45) is 0 Å². The van der Waals surface area contributed by atoms with Gasteiger partial charge in [-0.1, -0.05) is 35.9 Å². The number of amides is 1. The van der Waals surface area contributed by atoms with Crippen molar-refractivity contribution in [2.45, 2.75) is 32.1 Å². The Morgan fingerprint density at radius 2 is 1.96 bits per heavy atom. The molecule has 3 heteroatoms. The third-order valence-electron chi connectivity index (χ3n) is 4.47. The molecule has 1 amide bonds. The number of allylic oxidation sites excluding steroid dienone is 1. The van der Waals surface area contributed by atoms with Crippen LogP contribution in [0.4, 0.5) is 0 Å². The molecule has 0 atom stereocenters. The molecule has 0 heterocycles. The molecule has 0 saturated carbocycles. The molecule has 2 aromatic rings. The van der Waals surface area contributed by atoms with Gasteiger partial charge in [-0.2, -0.15) is 0 Å². The van der Waals surface area contributed by atoms with Crippen LogP contribution in [0.2, 0.25) is 0 Å². The minimum atomic E-state index is -0.0136. The van der Waals surface area contributed by atoms with Crippen LogP contribution < -0.4 is 10.1 Å². The average Bonchev–Trinajstić information content (AvgIpc) is 2.61. The van der Waals surface area contributed by atoms with E-state index in [1.807, 2.05) is 36.4 Å². The first kappa shape index (κ1) is 15.6. The first-order valence-corrected chi connectivity index (χ1v) is 8.31. The predicted molar refractivity (Wildman–Crippen MR) is 94.0 cm³/mol. The second kappa shape index (κ2) is 7.32. The number of ether oxygens (including phenoxy) is 1. The molecule has 23 heavy (non-hydrogen) atoms. The van der Waals surface area contributed by atoms with E-state index in [-0.39, 0.29) is 5.91 Å². The Hall–Kier alpha value is -2.29. The van der Waals surface area contributed by atoms with Crippen molar-refractivity contribution < 1.29 is 9.53 Å². The van der Waals surface area contributed by atoms with Crippen molar-refractivity contribution in [2.75, 3.05) is 13.7 Å². The number of carbonyl (C=O) groups excluding carboxylic acids is 1. The highest BCUT2D eigenvalue weighted by Gasteiger charge is 2.12. The quantitative estimate of drug-likeness (QED) is 0.828. The highest BCUT2D eigenvalue weighted by Crippen LogP contribution is 2.28. The summed E-state index contributed by atoms with van der Waals surface area (Å²) in [5.74, 6) is 0.782. The summed E-state index contributed by atoms with van der Waals surface area (Å²) in [4.78, 5) is 12.5. The van der Waals surface area contributed by atoms with Gasteiger partial charge >= 0.3 is 0 Å².